The SMILES string of the molecule is CC(C)c1nc(CN)c2ccccn12. The molecule has 0 aliphatic rings. The van der Waals surface area contributed by atoms with Crippen molar-refractivity contribution in [2.75, 3.05) is 0 Å². The van der Waals surface area contributed by atoms with Gasteiger partial charge in [-0.3, -0.25) is 0 Å². The molecule has 0 bridgehead atoms. The average Bonchev–Trinajstić information content (AvgIpc) is 2.56. The maximum absolute atomic E-state index is 5.65. The molecule has 0 unspecified atom stereocenters. The first kappa shape index (κ1) is 9.21. The third kappa shape index (κ3) is 1.30. The van der Waals surface area contributed by atoms with Gasteiger partial charge in [0.05, 0.1) is 11.2 Å². The summed E-state index contributed by atoms with van der Waals surface area (Å²) in [7, 11) is 0. The van der Waals surface area contributed by atoms with E-state index in [0.29, 0.717) is 12.5 Å². The Kier molecular flexibility index (Phi) is 2.25. The molecule has 74 valence electrons. The summed E-state index contributed by atoms with van der Waals surface area (Å²) < 4.78 is 2.12. The van der Waals surface area contributed by atoms with Gasteiger partial charge in [-0.25, -0.2) is 4.98 Å². The highest BCUT2D eigenvalue weighted by atomic mass is 15.0. The first-order valence-electron chi connectivity index (χ1n) is 4.90. The van der Waals surface area contributed by atoms with Crippen LogP contribution in [0.15, 0.2) is 24.4 Å². The van der Waals surface area contributed by atoms with Crippen LogP contribution in [-0.2, 0) is 6.54 Å². The van der Waals surface area contributed by atoms with Crippen molar-refractivity contribution < 1.29 is 0 Å². The zero-order valence-corrected chi connectivity index (χ0v) is 8.57. The molecule has 0 aliphatic carbocycles. The van der Waals surface area contributed by atoms with E-state index in [1.807, 2.05) is 18.3 Å². The summed E-state index contributed by atoms with van der Waals surface area (Å²) in [6, 6.07) is 6.09. The molecule has 0 aliphatic heterocycles. The first-order valence-corrected chi connectivity index (χ1v) is 4.90. The van der Waals surface area contributed by atoms with Crippen molar-refractivity contribution >= 4 is 5.52 Å². The smallest absolute Gasteiger partial charge is 0.116 e. The third-order valence-electron chi connectivity index (χ3n) is 2.36. The second kappa shape index (κ2) is 3.42. The average molecular weight is 189 g/mol. The van der Waals surface area contributed by atoms with Crippen molar-refractivity contribution in [1.29, 1.82) is 0 Å². The lowest BCUT2D eigenvalue weighted by Crippen LogP contribution is -1.97. The molecule has 3 nitrogen and oxygen atoms in total. The van der Waals surface area contributed by atoms with Gasteiger partial charge in [0, 0.05) is 18.7 Å². The van der Waals surface area contributed by atoms with E-state index in [2.05, 4.69) is 29.3 Å². The summed E-state index contributed by atoms with van der Waals surface area (Å²) in [5, 5.41) is 0. The van der Waals surface area contributed by atoms with Crippen LogP contribution < -0.4 is 5.73 Å². The van der Waals surface area contributed by atoms with E-state index in [-0.39, 0.29) is 0 Å². The van der Waals surface area contributed by atoms with E-state index in [0.717, 1.165) is 17.0 Å². The number of fused-ring (bicyclic) bond motifs is 1. The quantitative estimate of drug-likeness (QED) is 0.784. The maximum atomic E-state index is 5.65. The molecular weight excluding hydrogens is 174 g/mol. The first-order chi connectivity index (χ1) is 6.74. The molecule has 0 aromatic carbocycles. The number of rotatable bonds is 2. The molecule has 0 spiro atoms. The third-order valence-corrected chi connectivity index (χ3v) is 2.36. The van der Waals surface area contributed by atoms with Gasteiger partial charge in [0.15, 0.2) is 0 Å². The highest BCUT2D eigenvalue weighted by molar-refractivity contribution is 5.53. The minimum absolute atomic E-state index is 0.421. The van der Waals surface area contributed by atoms with E-state index in [4.69, 9.17) is 5.73 Å². The predicted octanol–water partition coefficient (Wildman–Crippen LogP) is 1.92. The second-order valence-electron chi connectivity index (χ2n) is 3.73. The highest BCUT2D eigenvalue weighted by Crippen LogP contribution is 2.18. The monoisotopic (exact) mass is 189 g/mol. The number of hydrogen-bond donors (Lipinski definition) is 1. The van der Waals surface area contributed by atoms with Gasteiger partial charge in [-0.2, -0.15) is 0 Å². The normalized spacial score (nSPS) is 11.4. The fraction of sp³-hybridized carbons (Fsp3) is 0.364. The predicted molar refractivity (Wildman–Crippen MR) is 57.2 cm³/mol. The molecule has 0 amide bonds. The van der Waals surface area contributed by atoms with Crippen LogP contribution in [0.3, 0.4) is 0 Å². The zero-order valence-electron chi connectivity index (χ0n) is 8.57. The minimum Gasteiger partial charge on any atom is -0.325 e. The molecule has 2 aromatic heterocycles. The molecule has 2 aromatic rings. The van der Waals surface area contributed by atoms with Gasteiger partial charge in [-0.15, -0.1) is 0 Å². The van der Waals surface area contributed by atoms with Gasteiger partial charge in [0.2, 0.25) is 0 Å². The van der Waals surface area contributed by atoms with Gasteiger partial charge in [0.25, 0.3) is 0 Å². The van der Waals surface area contributed by atoms with Gasteiger partial charge >= 0.3 is 0 Å². The molecule has 3 heteroatoms. The van der Waals surface area contributed by atoms with E-state index in [9.17, 15) is 0 Å². The van der Waals surface area contributed by atoms with Crippen LogP contribution in [0.1, 0.15) is 31.3 Å². The maximum Gasteiger partial charge on any atom is 0.116 e. The van der Waals surface area contributed by atoms with Gasteiger partial charge in [-0.1, -0.05) is 19.9 Å². The van der Waals surface area contributed by atoms with Crippen molar-refractivity contribution in [2.24, 2.45) is 5.73 Å². The lowest BCUT2D eigenvalue weighted by atomic mass is 10.2. The van der Waals surface area contributed by atoms with E-state index in [1.54, 1.807) is 0 Å². The number of pyridine rings is 1. The second-order valence-corrected chi connectivity index (χ2v) is 3.73. The Morgan fingerprint density at radius 1 is 1.43 bits per heavy atom. The molecule has 2 rings (SSSR count). The van der Waals surface area contributed by atoms with Crippen LogP contribution in [0.25, 0.3) is 5.52 Å². The summed E-state index contributed by atoms with van der Waals surface area (Å²) in [5.74, 6) is 1.51. The number of nitrogens with zero attached hydrogens (tertiary/aromatic N) is 2. The largest absolute Gasteiger partial charge is 0.325 e. The molecular formula is C11H15N3. The fourth-order valence-electron chi connectivity index (χ4n) is 1.68. The van der Waals surface area contributed by atoms with Crippen LogP contribution in [0.4, 0.5) is 0 Å². The minimum atomic E-state index is 0.421. The molecule has 0 saturated carbocycles. The summed E-state index contributed by atoms with van der Waals surface area (Å²) in [6.45, 7) is 4.78. The van der Waals surface area contributed by atoms with Gasteiger partial charge < -0.3 is 10.1 Å². The molecule has 0 atom stereocenters. The van der Waals surface area contributed by atoms with Crippen LogP contribution in [0, 0.1) is 0 Å². The number of aromatic nitrogens is 2. The molecule has 0 saturated heterocycles. The summed E-state index contributed by atoms with van der Waals surface area (Å²) >= 11 is 0. The van der Waals surface area contributed by atoms with E-state index < -0.39 is 0 Å². The van der Waals surface area contributed by atoms with Crippen molar-refractivity contribution in [2.45, 2.75) is 26.3 Å². The zero-order chi connectivity index (χ0) is 10.1. The van der Waals surface area contributed by atoms with Crippen molar-refractivity contribution in [3.05, 3.63) is 35.9 Å². The topological polar surface area (TPSA) is 43.3 Å². The molecule has 0 fully saturated rings. The highest BCUT2D eigenvalue weighted by Gasteiger charge is 2.11. The number of nitrogens with two attached hydrogens (primary N) is 1. The number of imidazole rings is 1. The fourth-order valence-corrected chi connectivity index (χ4v) is 1.68. The van der Waals surface area contributed by atoms with Crippen LogP contribution in [-0.4, -0.2) is 9.38 Å². The summed E-state index contributed by atoms with van der Waals surface area (Å²) in [5.41, 5.74) is 7.76. The van der Waals surface area contributed by atoms with Crippen LogP contribution >= 0.6 is 0 Å². The Morgan fingerprint density at radius 3 is 2.86 bits per heavy atom. The lowest BCUT2D eigenvalue weighted by molar-refractivity contribution is 0.765. The van der Waals surface area contributed by atoms with E-state index >= 15 is 0 Å². The van der Waals surface area contributed by atoms with E-state index in [1.165, 1.54) is 0 Å². The van der Waals surface area contributed by atoms with Gasteiger partial charge in [0.1, 0.15) is 5.82 Å². The Morgan fingerprint density at radius 2 is 2.21 bits per heavy atom. The number of hydrogen-bond acceptors (Lipinski definition) is 2. The summed E-state index contributed by atoms with van der Waals surface area (Å²) in [6.07, 6.45) is 2.04. The van der Waals surface area contributed by atoms with Crippen molar-refractivity contribution in [3.63, 3.8) is 0 Å². The molecule has 2 N–H and O–H groups in total. The Balaban J connectivity index is 2.73. The summed E-state index contributed by atoms with van der Waals surface area (Å²) in [4.78, 5) is 4.55. The van der Waals surface area contributed by atoms with Gasteiger partial charge in [-0.05, 0) is 12.1 Å². The van der Waals surface area contributed by atoms with Crippen molar-refractivity contribution in [1.82, 2.24) is 9.38 Å². The van der Waals surface area contributed by atoms with Crippen LogP contribution in [0.5, 0.6) is 0 Å². The standard InChI is InChI=1S/C11H15N3/c1-8(2)11-13-9(7-12)10-5-3-4-6-14(10)11/h3-6,8H,7,12H2,1-2H3. The van der Waals surface area contributed by atoms with Crippen molar-refractivity contribution in [3.8, 4) is 0 Å². The Bertz CT molecular complexity index is 443. The molecule has 0 radical (unpaired) electrons. The van der Waals surface area contributed by atoms with Crippen LogP contribution in [0.2, 0.25) is 0 Å². The molecule has 14 heavy (non-hydrogen) atoms. The Hall–Kier alpha value is -1.35. The Labute approximate surface area is 83.6 Å². The lowest BCUT2D eigenvalue weighted by Gasteiger charge is -2.02. The molecule has 2 heterocycles.